The molecule has 0 aliphatic rings. The van der Waals surface area contributed by atoms with E-state index in [2.05, 4.69) is 30.5 Å². The minimum atomic E-state index is -0.178. The highest BCUT2D eigenvalue weighted by Crippen LogP contribution is 2.27. The molecule has 0 aliphatic carbocycles. The zero-order chi connectivity index (χ0) is 18.6. The van der Waals surface area contributed by atoms with Crippen molar-refractivity contribution in [2.75, 3.05) is 5.32 Å². The second-order valence-electron chi connectivity index (χ2n) is 5.94. The number of aromatic nitrogens is 5. The Hall–Kier alpha value is -3.26. The van der Waals surface area contributed by atoms with E-state index in [0.29, 0.717) is 11.3 Å². The van der Waals surface area contributed by atoms with Crippen molar-refractivity contribution in [1.82, 2.24) is 25.1 Å². The third-order valence-corrected chi connectivity index (χ3v) is 5.02. The number of aromatic amines is 1. The van der Waals surface area contributed by atoms with Gasteiger partial charge >= 0.3 is 0 Å². The van der Waals surface area contributed by atoms with Crippen LogP contribution in [0.1, 0.15) is 21.6 Å². The van der Waals surface area contributed by atoms with Crippen LogP contribution >= 0.6 is 11.8 Å². The molecule has 0 atom stereocenters. The highest BCUT2D eigenvalue weighted by Gasteiger charge is 2.09. The minimum absolute atomic E-state index is 0.178. The van der Waals surface area contributed by atoms with E-state index in [1.165, 1.54) is 6.33 Å². The van der Waals surface area contributed by atoms with E-state index < -0.39 is 0 Å². The lowest BCUT2D eigenvalue weighted by atomic mass is 10.2. The number of hydrogen-bond acceptors (Lipinski definition) is 6. The van der Waals surface area contributed by atoms with Gasteiger partial charge in [-0.1, -0.05) is 12.1 Å². The van der Waals surface area contributed by atoms with Gasteiger partial charge in [0.1, 0.15) is 11.4 Å². The van der Waals surface area contributed by atoms with Gasteiger partial charge in [-0.3, -0.25) is 14.9 Å². The van der Waals surface area contributed by atoms with E-state index >= 15 is 0 Å². The summed E-state index contributed by atoms with van der Waals surface area (Å²) in [5, 5.41) is 11.5. The number of nitrogens with zero attached hydrogens (tertiary/aromatic N) is 4. The first kappa shape index (κ1) is 17.2. The molecular formula is C19H16N6OS. The Morgan fingerprint density at radius 3 is 2.93 bits per heavy atom. The molecular weight excluding hydrogens is 360 g/mol. The molecule has 0 radical (unpaired) electrons. The minimum Gasteiger partial charge on any atom is -0.322 e. The summed E-state index contributed by atoms with van der Waals surface area (Å²) in [7, 11) is 0. The lowest BCUT2D eigenvalue weighted by Gasteiger charge is -2.08. The Morgan fingerprint density at radius 2 is 2.07 bits per heavy atom. The number of rotatable bonds is 5. The number of amides is 1. The fourth-order valence-corrected chi connectivity index (χ4v) is 3.46. The standard InChI is InChI=1S/C19H16N6OS/c1-12-5-6-14(8-20-12)18(26)24-15-4-2-3-13(7-15)10-27-19-16-9-23-25-17(16)21-11-22-19/h2-9,11H,10H2,1H3,(H,24,26)(H,21,22,23,25). The molecule has 3 heterocycles. The first-order valence-corrected chi connectivity index (χ1v) is 9.27. The number of nitrogens with one attached hydrogen (secondary N) is 2. The highest BCUT2D eigenvalue weighted by molar-refractivity contribution is 7.98. The van der Waals surface area contributed by atoms with Crippen molar-refractivity contribution in [3.63, 3.8) is 0 Å². The van der Waals surface area contributed by atoms with Crippen LogP contribution in [0, 0.1) is 6.92 Å². The number of H-pyrrole nitrogens is 1. The Kier molecular flexibility index (Phi) is 4.80. The number of aryl methyl sites for hydroxylation is 1. The van der Waals surface area contributed by atoms with Gasteiger partial charge in [-0.05, 0) is 36.8 Å². The fraction of sp³-hybridized carbons (Fsp3) is 0.105. The number of carbonyl (C=O) groups excluding carboxylic acids is 1. The topological polar surface area (TPSA) is 96.5 Å². The monoisotopic (exact) mass is 376 g/mol. The molecule has 0 saturated heterocycles. The summed E-state index contributed by atoms with van der Waals surface area (Å²) in [6.45, 7) is 1.89. The van der Waals surface area contributed by atoms with Gasteiger partial charge < -0.3 is 5.32 Å². The molecule has 27 heavy (non-hydrogen) atoms. The van der Waals surface area contributed by atoms with Crippen LogP contribution in [0.25, 0.3) is 11.0 Å². The molecule has 0 spiro atoms. The van der Waals surface area contributed by atoms with Crippen LogP contribution in [-0.4, -0.2) is 31.1 Å². The molecule has 4 rings (SSSR count). The molecule has 1 amide bonds. The average Bonchev–Trinajstić information content (AvgIpc) is 3.16. The second-order valence-corrected chi connectivity index (χ2v) is 6.91. The van der Waals surface area contributed by atoms with E-state index in [-0.39, 0.29) is 5.91 Å². The zero-order valence-corrected chi connectivity index (χ0v) is 15.3. The van der Waals surface area contributed by atoms with Crippen LogP contribution in [0.4, 0.5) is 5.69 Å². The predicted molar refractivity (Wildman–Crippen MR) is 105 cm³/mol. The number of hydrogen-bond donors (Lipinski definition) is 2. The van der Waals surface area contributed by atoms with Gasteiger partial charge in [0.15, 0.2) is 5.65 Å². The van der Waals surface area contributed by atoms with Crippen LogP contribution in [0.3, 0.4) is 0 Å². The van der Waals surface area contributed by atoms with E-state index in [1.807, 2.05) is 37.3 Å². The molecule has 0 saturated carbocycles. The summed E-state index contributed by atoms with van der Waals surface area (Å²) < 4.78 is 0. The fourth-order valence-electron chi connectivity index (χ4n) is 2.55. The summed E-state index contributed by atoms with van der Waals surface area (Å²) in [6.07, 6.45) is 4.83. The molecule has 7 nitrogen and oxygen atoms in total. The number of carbonyl (C=O) groups is 1. The Bertz CT molecular complexity index is 1090. The normalized spacial score (nSPS) is 10.9. The van der Waals surface area contributed by atoms with Gasteiger partial charge in [0.25, 0.3) is 5.91 Å². The maximum Gasteiger partial charge on any atom is 0.257 e. The third kappa shape index (κ3) is 3.95. The summed E-state index contributed by atoms with van der Waals surface area (Å²) in [6, 6.07) is 11.4. The van der Waals surface area contributed by atoms with Crippen LogP contribution in [0.5, 0.6) is 0 Å². The SMILES string of the molecule is Cc1ccc(C(=O)Nc2cccc(CSc3ncnc4[nH]ncc34)c2)cn1. The van der Waals surface area contributed by atoms with Crippen molar-refractivity contribution < 1.29 is 4.79 Å². The smallest absolute Gasteiger partial charge is 0.257 e. The summed E-state index contributed by atoms with van der Waals surface area (Å²) in [5.74, 6) is 0.538. The van der Waals surface area contributed by atoms with Crippen molar-refractivity contribution in [3.05, 3.63) is 71.9 Å². The van der Waals surface area contributed by atoms with E-state index in [4.69, 9.17) is 0 Å². The van der Waals surface area contributed by atoms with Crippen molar-refractivity contribution in [3.8, 4) is 0 Å². The Labute approximate surface area is 159 Å². The molecule has 3 aromatic heterocycles. The number of anilines is 1. The van der Waals surface area contributed by atoms with E-state index in [0.717, 1.165) is 33.0 Å². The second kappa shape index (κ2) is 7.55. The number of benzene rings is 1. The first-order valence-electron chi connectivity index (χ1n) is 8.29. The first-order chi connectivity index (χ1) is 13.2. The number of thioether (sulfide) groups is 1. The van der Waals surface area contributed by atoms with Crippen molar-refractivity contribution in [2.45, 2.75) is 17.7 Å². The van der Waals surface area contributed by atoms with Gasteiger partial charge in [0.2, 0.25) is 0 Å². The molecule has 0 fully saturated rings. The van der Waals surface area contributed by atoms with Crippen LogP contribution in [0.2, 0.25) is 0 Å². The Balaban J connectivity index is 1.45. The summed E-state index contributed by atoms with van der Waals surface area (Å²) in [4.78, 5) is 25.0. The van der Waals surface area contributed by atoms with Gasteiger partial charge in [0, 0.05) is 23.3 Å². The average molecular weight is 376 g/mol. The molecule has 0 bridgehead atoms. The molecule has 0 unspecified atom stereocenters. The Morgan fingerprint density at radius 1 is 1.15 bits per heavy atom. The van der Waals surface area contributed by atoms with Gasteiger partial charge in [-0.15, -0.1) is 11.8 Å². The molecule has 0 aliphatic heterocycles. The predicted octanol–water partition coefficient (Wildman–Crippen LogP) is 3.60. The van der Waals surface area contributed by atoms with Crippen LogP contribution in [0.15, 0.2) is 60.1 Å². The lowest BCUT2D eigenvalue weighted by molar-refractivity contribution is 0.102. The van der Waals surface area contributed by atoms with Crippen molar-refractivity contribution in [2.24, 2.45) is 0 Å². The maximum atomic E-state index is 12.3. The quantitative estimate of drug-likeness (QED) is 0.408. The maximum absolute atomic E-state index is 12.3. The number of pyridine rings is 1. The highest BCUT2D eigenvalue weighted by atomic mass is 32.2. The van der Waals surface area contributed by atoms with Crippen molar-refractivity contribution in [1.29, 1.82) is 0 Å². The largest absolute Gasteiger partial charge is 0.322 e. The zero-order valence-electron chi connectivity index (χ0n) is 14.5. The van der Waals surface area contributed by atoms with Crippen LogP contribution < -0.4 is 5.32 Å². The number of fused-ring (bicyclic) bond motifs is 1. The van der Waals surface area contributed by atoms with Crippen molar-refractivity contribution >= 4 is 34.4 Å². The molecule has 2 N–H and O–H groups in total. The van der Waals surface area contributed by atoms with E-state index in [1.54, 1.807) is 30.2 Å². The van der Waals surface area contributed by atoms with Crippen LogP contribution in [-0.2, 0) is 5.75 Å². The molecule has 134 valence electrons. The van der Waals surface area contributed by atoms with Gasteiger partial charge in [-0.25, -0.2) is 9.97 Å². The third-order valence-electron chi connectivity index (χ3n) is 3.95. The summed E-state index contributed by atoms with van der Waals surface area (Å²) >= 11 is 1.60. The lowest BCUT2D eigenvalue weighted by Crippen LogP contribution is -2.12. The summed E-state index contributed by atoms with van der Waals surface area (Å²) in [5.41, 5.74) is 3.95. The molecule has 8 heteroatoms. The van der Waals surface area contributed by atoms with Gasteiger partial charge in [0.05, 0.1) is 17.1 Å². The molecule has 4 aromatic rings. The molecule has 1 aromatic carbocycles. The van der Waals surface area contributed by atoms with E-state index in [9.17, 15) is 4.79 Å². The van der Waals surface area contributed by atoms with Gasteiger partial charge in [-0.2, -0.15) is 5.10 Å².